The fourth-order valence-electron chi connectivity index (χ4n) is 1.67. The summed E-state index contributed by atoms with van der Waals surface area (Å²) in [7, 11) is 0. The largest absolute Gasteiger partial charge is 0.381 e. The van der Waals surface area contributed by atoms with Crippen LogP contribution in [0.25, 0.3) is 0 Å². The third kappa shape index (κ3) is 3.06. The Kier molecular flexibility index (Phi) is 3.34. The molecule has 15 heavy (non-hydrogen) atoms. The molecule has 1 unspecified atom stereocenters. The van der Waals surface area contributed by atoms with Crippen LogP contribution in [0, 0.1) is 0 Å². The van der Waals surface area contributed by atoms with Gasteiger partial charge in [-0.1, -0.05) is 0 Å². The van der Waals surface area contributed by atoms with E-state index in [4.69, 9.17) is 4.74 Å². The molecule has 1 fully saturated rings. The van der Waals surface area contributed by atoms with Crippen molar-refractivity contribution in [1.29, 1.82) is 0 Å². The minimum atomic E-state index is -0.190. The molecule has 0 aromatic carbocycles. The molecule has 1 aromatic rings. The van der Waals surface area contributed by atoms with Gasteiger partial charge >= 0.3 is 0 Å². The van der Waals surface area contributed by atoms with Crippen molar-refractivity contribution in [2.75, 3.05) is 18.5 Å². The Hall–Kier alpha value is -1.36. The maximum absolute atomic E-state index is 11.0. The van der Waals surface area contributed by atoms with Crippen molar-refractivity contribution in [3.05, 3.63) is 22.6 Å². The first-order chi connectivity index (χ1) is 7.34. The van der Waals surface area contributed by atoms with Crippen molar-refractivity contribution in [2.45, 2.75) is 25.4 Å². The highest BCUT2D eigenvalue weighted by Crippen LogP contribution is 2.13. The van der Waals surface area contributed by atoms with Gasteiger partial charge in [0.2, 0.25) is 0 Å². The quantitative estimate of drug-likeness (QED) is 0.771. The highest BCUT2D eigenvalue weighted by atomic mass is 16.5. The molecule has 0 bridgehead atoms. The first kappa shape index (κ1) is 10.2. The van der Waals surface area contributed by atoms with Gasteiger partial charge in [0.25, 0.3) is 5.56 Å². The molecule has 1 atom stereocenters. The Bertz CT molecular complexity index is 358. The SMILES string of the molecule is O=c1cc(NCC2CCCCO2)cn[nH]1. The summed E-state index contributed by atoms with van der Waals surface area (Å²) in [6.07, 6.45) is 5.33. The molecular weight excluding hydrogens is 194 g/mol. The van der Waals surface area contributed by atoms with Gasteiger partial charge in [0.15, 0.2) is 0 Å². The Morgan fingerprint density at radius 1 is 1.60 bits per heavy atom. The van der Waals surface area contributed by atoms with Crippen LogP contribution in [0.5, 0.6) is 0 Å². The summed E-state index contributed by atoms with van der Waals surface area (Å²) in [5.74, 6) is 0. The zero-order valence-corrected chi connectivity index (χ0v) is 8.53. The number of ether oxygens (including phenoxy) is 1. The smallest absolute Gasteiger partial charge is 0.266 e. The van der Waals surface area contributed by atoms with Crippen molar-refractivity contribution in [3.63, 3.8) is 0 Å². The van der Waals surface area contributed by atoms with Crippen LogP contribution < -0.4 is 10.9 Å². The Balaban J connectivity index is 1.84. The molecule has 1 aliphatic heterocycles. The van der Waals surface area contributed by atoms with Crippen LogP contribution >= 0.6 is 0 Å². The molecule has 0 spiro atoms. The van der Waals surface area contributed by atoms with E-state index in [1.165, 1.54) is 12.5 Å². The molecule has 2 N–H and O–H groups in total. The van der Waals surface area contributed by atoms with Gasteiger partial charge in [0.05, 0.1) is 18.0 Å². The molecule has 1 aliphatic rings. The molecular formula is C10H15N3O2. The number of aromatic nitrogens is 2. The molecule has 0 aliphatic carbocycles. The summed E-state index contributed by atoms with van der Waals surface area (Å²) in [5.41, 5.74) is 0.553. The lowest BCUT2D eigenvalue weighted by molar-refractivity contribution is 0.0247. The summed E-state index contributed by atoms with van der Waals surface area (Å²) in [6.45, 7) is 1.59. The van der Waals surface area contributed by atoms with Gasteiger partial charge in [0, 0.05) is 19.2 Å². The maximum Gasteiger partial charge on any atom is 0.266 e. The van der Waals surface area contributed by atoms with E-state index in [1.807, 2.05) is 0 Å². The lowest BCUT2D eigenvalue weighted by Crippen LogP contribution is -2.27. The van der Waals surface area contributed by atoms with Crippen molar-refractivity contribution in [1.82, 2.24) is 10.2 Å². The van der Waals surface area contributed by atoms with Crippen molar-refractivity contribution in [2.24, 2.45) is 0 Å². The zero-order valence-electron chi connectivity index (χ0n) is 8.53. The van der Waals surface area contributed by atoms with E-state index in [1.54, 1.807) is 6.20 Å². The number of hydrogen-bond donors (Lipinski definition) is 2. The van der Waals surface area contributed by atoms with E-state index in [-0.39, 0.29) is 11.7 Å². The van der Waals surface area contributed by atoms with Gasteiger partial charge in [-0.3, -0.25) is 4.79 Å². The summed E-state index contributed by atoms with van der Waals surface area (Å²) < 4.78 is 5.56. The van der Waals surface area contributed by atoms with Crippen LogP contribution in [0.2, 0.25) is 0 Å². The van der Waals surface area contributed by atoms with Crippen LogP contribution in [0.15, 0.2) is 17.1 Å². The van der Waals surface area contributed by atoms with Crippen LogP contribution in [0.4, 0.5) is 5.69 Å². The number of nitrogens with zero attached hydrogens (tertiary/aromatic N) is 1. The summed E-state index contributed by atoms with van der Waals surface area (Å²) in [4.78, 5) is 11.0. The second kappa shape index (κ2) is 4.93. The topological polar surface area (TPSA) is 67.0 Å². The number of nitrogens with one attached hydrogen (secondary N) is 2. The molecule has 1 aromatic heterocycles. The lowest BCUT2D eigenvalue weighted by atomic mass is 10.1. The average Bonchev–Trinajstić information content (AvgIpc) is 2.28. The molecule has 1 saturated heterocycles. The molecule has 5 heteroatoms. The van der Waals surface area contributed by atoms with Crippen molar-refractivity contribution in [3.8, 4) is 0 Å². The van der Waals surface area contributed by atoms with Gasteiger partial charge in [0.1, 0.15) is 0 Å². The van der Waals surface area contributed by atoms with E-state index < -0.39 is 0 Å². The minimum absolute atomic E-state index is 0.190. The van der Waals surface area contributed by atoms with Gasteiger partial charge in [-0.2, -0.15) is 5.10 Å². The number of anilines is 1. The lowest BCUT2D eigenvalue weighted by Gasteiger charge is -2.22. The van der Waals surface area contributed by atoms with Crippen LogP contribution in [0.1, 0.15) is 19.3 Å². The Morgan fingerprint density at radius 3 is 3.27 bits per heavy atom. The fourth-order valence-corrected chi connectivity index (χ4v) is 1.67. The highest BCUT2D eigenvalue weighted by Gasteiger charge is 2.13. The fraction of sp³-hybridized carbons (Fsp3) is 0.600. The van der Waals surface area contributed by atoms with Crippen molar-refractivity contribution >= 4 is 5.69 Å². The number of H-pyrrole nitrogens is 1. The second-order valence-electron chi connectivity index (χ2n) is 3.70. The van der Waals surface area contributed by atoms with Crippen LogP contribution in [-0.4, -0.2) is 29.5 Å². The highest BCUT2D eigenvalue weighted by molar-refractivity contribution is 5.38. The Labute approximate surface area is 87.8 Å². The average molecular weight is 209 g/mol. The zero-order chi connectivity index (χ0) is 10.5. The first-order valence-corrected chi connectivity index (χ1v) is 5.25. The number of aromatic amines is 1. The van der Waals surface area contributed by atoms with Crippen molar-refractivity contribution < 1.29 is 4.74 Å². The number of rotatable bonds is 3. The third-order valence-corrected chi connectivity index (χ3v) is 2.47. The van der Waals surface area contributed by atoms with Gasteiger partial charge < -0.3 is 10.1 Å². The van der Waals surface area contributed by atoms with Gasteiger partial charge in [-0.15, -0.1) is 0 Å². The monoisotopic (exact) mass is 209 g/mol. The molecule has 0 saturated carbocycles. The van der Waals surface area contributed by atoms with E-state index in [0.29, 0.717) is 0 Å². The maximum atomic E-state index is 11.0. The summed E-state index contributed by atoms with van der Waals surface area (Å²) in [6, 6.07) is 1.50. The second-order valence-corrected chi connectivity index (χ2v) is 3.70. The molecule has 2 rings (SSSR count). The van der Waals surface area contributed by atoms with Crippen LogP contribution in [-0.2, 0) is 4.74 Å². The third-order valence-electron chi connectivity index (χ3n) is 2.47. The molecule has 82 valence electrons. The van der Waals surface area contributed by atoms with Gasteiger partial charge in [-0.05, 0) is 19.3 Å². The van der Waals surface area contributed by atoms with E-state index in [0.717, 1.165) is 31.7 Å². The van der Waals surface area contributed by atoms with E-state index in [9.17, 15) is 4.79 Å². The minimum Gasteiger partial charge on any atom is -0.381 e. The first-order valence-electron chi connectivity index (χ1n) is 5.25. The Morgan fingerprint density at radius 2 is 2.53 bits per heavy atom. The summed E-state index contributed by atoms with van der Waals surface area (Å²) >= 11 is 0. The summed E-state index contributed by atoms with van der Waals surface area (Å²) in [5, 5.41) is 9.19. The normalized spacial score (nSPS) is 21.2. The van der Waals surface area contributed by atoms with E-state index >= 15 is 0 Å². The predicted molar refractivity (Wildman–Crippen MR) is 56.9 cm³/mol. The van der Waals surface area contributed by atoms with E-state index in [2.05, 4.69) is 15.5 Å². The molecule has 0 radical (unpaired) electrons. The van der Waals surface area contributed by atoms with Gasteiger partial charge in [-0.25, -0.2) is 5.10 Å². The van der Waals surface area contributed by atoms with Crippen LogP contribution in [0.3, 0.4) is 0 Å². The predicted octanol–water partition coefficient (Wildman–Crippen LogP) is 0.751. The molecule has 2 heterocycles. The number of hydrogen-bond acceptors (Lipinski definition) is 4. The standard InChI is InChI=1S/C10H15N3O2/c14-10-5-8(6-12-13-10)11-7-9-3-1-2-4-15-9/h5-6,9H,1-4,7H2,(H2,11,13,14). The molecule has 0 amide bonds. The molecule has 5 nitrogen and oxygen atoms in total.